The molecule has 78 valence electrons. The van der Waals surface area contributed by atoms with Crippen molar-refractivity contribution in [1.29, 1.82) is 0 Å². The highest BCUT2D eigenvalue weighted by molar-refractivity contribution is 5.18. The van der Waals surface area contributed by atoms with E-state index in [9.17, 15) is 9.50 Å². The summed E-state index contributed by atoms with van der Waals surface area (Å²) >= 11 is 0. The first-order chi connectivity index (χ1) is 6.74. The first-order valence-electron chi connectivity index (χ1n) is 4.75. The third kappa shape index (κ3) is 3.44. The Bertz CT molecular complexity index is 276. The fraction of sp³-hybridized carbons (Fsp3) is 0.455. The lowest BCUT2D eigenvalue weighted by Crippen LogP contribution is -2.03. The summed E-state index contributed by atoms with van der Waals surface area (Å²) in [6.45, 7) is 3.03. The van der Waals surface area contributed by atoms with Crippen molar-refractivity contribution in [1.82, 2.24) is 0 Å². The number of aliphatic hydroxyl groups excluding tert-OH is 1. The molecule has 3 heteroatoms. The van der Waals surface area contributed by atoms with E-state index in [1.54, 1.807) is 12.1 Å². The summed E-state index contributed by atoms with van der Waals surface area (Å²) in [5, 5.41) is 9.62. The number of benzene rings is 1. The molecule has 1 unspecified atom stereocenters. The Morgan fingerprint density at radius 3 is 2.93 bits per heavy atom. The minimum atomic E-state index is -0.641. The topological polar surface area (TPSA) is 29.5 Å². The van der Waals surface area contributed by atoms with Gasteiger partial charge in [-0.25, -0.2) is 4.39 Å². The van der Waals surface area contributed by atoms with Crippen molar-refractivity contribution in [2.45, 2.75) is 19.4 Å². The molecule has 2 nitrogen and oxygen atoms in total. The van der Waals surface area contributed by atoms with Crippen LogP contribution in [0.1, 0.15) is 25.0 Å². The summed E-state index contributed by atoms with van der Waals surface area (Å²) < 4.78 is 17.9. The molecule has 0 bridgehead atoms. The van der Waals surface area contributed by atoms with E-state index < -0.39 is 6.10 Å². The van der Waals surface area contributed by atoms with Gasteiger partial charge in [0.1, 0.15) is 5.82 Å². The molecule has 1 aromatic carbocycles. The largest absolute Gasteiger partial charge is 0.388 e. The maximum Gasteiger partial charge on any atom is 0.123 e. The molecular weight excluding hydrogens is 183 g/mol. The van der Waals surface area contributed by atoms with Crippen molar-refractivity contribution in [2.75, 3.05) is 13.2 Å². The molecule has 1 N–H and O–H groups in total. The number of rotatable bonds is 5. The van der Waals surface area contributed by atoms with Gasteiger partial charge < -0.3 is 9.84 Å². The van der Waals surface area contributed by atoms with Crippen LogP contribution in [-0.2, 0) is 4.74 Å². The van der Waals surface area contributed by atoms with Gasteiger partial charge in [0, 0.05) is 19.6 Å². The molecule has 0 aliphatic carbocycles. The predicted molar refractivity (Wildman–Crippen MR) is 52.5 cm³/mol. The first kappa shape index (κ1) is 11.1. The lowest BCUT2D eigenvalue weighted by molar-refractivity contribution is 0.0884. The first-order valence-corrected chi connectivity index (χ1v) is 4.75. The molecule has 0 fully saturated rings. The molecule has 0 radical (unpaired) electrons. The van der Waals surface area contributed by atoms with Crippen LogP contribution < -0.4 is 0 Å². The van der Waals surface area contributed by atoms with Crippen LogP contribution in [0.5, 0.6) is 0 Å². The lowest BCUT2D eigenvalue weighted by Gasteiger charge is -2.10. The normalized spacial score (nSPS) is 12.8. The molecule has 0 spiro atoms. The minimum absolute atomic E-state index is 0.321. The molecule has 1 rings (SSSR count). The van der Waals surface area contributed by atoms with Crippen LogP contribution in [0, 0.1) is 5.82 Å². The van der Waals surface area contributed by atoms with E-state index in [4.69, 9.17) is 4.74 Å². The van der Waals surface area contributed by atoms with Gasteiger partial charge in [-0.15, -0.1) is 0 Å². The highest BCUT2D eigenvalue weighted by Gasteiger charge is 2.07. The van der Waals surface area contributed by atoms with Gasteiger partial charge >= 0.3 is 0 Å². The van der Waals surface area contributed by atoms with Crippen molar-refractivity contribution in [3.05, 3.63) is 35.6 Å². The molecule has 1 aromatic rings. The second-order valence-corrected chi connectivity index (χ2v) is 3.06. The smallest absolute Gasteiger partial charge is 0.123 e. The number of hydrogen-bond acceptors (Lipinski definition) is 2. The summed E-state index contributed by atoms with van der Waals surface area (Å²) in [5.74, 6) is -0.321. The third-order valence-electron chi connectivity index (χ3n) is 1.97. The summed E-state index contributed by atoms with van der Waals surface area (Å²) in [4.78, 5) is 0. The highest BCUT2D eigenvalue weighted by Crippen LogP contribution is 2.17. The Hall–Kier alpha value is -0.930. The number of hydrogen-bond donors (Lipinski definition) is 1. The van der Waals surface area contributed by atoms with Crippen LogP contribution in [0.4, 0.5) is 4.39 Å². The van der Waals surface area contributed by atoms with E-state index in [2.05, 4.69) is 0 Å². The van der Waals surface area contributed by atoms with E-state index in [0.717, 1.165) is 0 Å². The number of aliphatic hydroxyl groups is 1. The zero-order chi connectivity index (χ0) is 10.4. The molecule has 0 aromatic heterocycles. The zero-order valence-corrected chi connectivity index (χ0v) is 8.24. The van der Waals surface area contributed by atoms with Gasteiger partial charge in [-0.1, -0.05) is 12.1 Å². The maximum absolute atomic E-state index is 12.8. The van der Waals surface area contributed by atoms with Gasteiger partial charge in [-0.05, 0) is 24.6 Å². The van der Waals surface area contributed by atoms with E-state index in [1.165, 1.54) is 12.1 Å². The van der Waals surface area contributed by atoms with Crippen molar-refractivity contribution in [3.63, 3.8) is 0 Å². The molecule has 0 saturated heterocycles. The van der Waals surface area contributed by atoms with Crippen molar-refractivity contribution in [2.24, 2.45) is 0 Å². The molecule has 0 aliphatic rings. The van der Waals surface area contributed by atoms with E-state index >= 15 is 0 Å². The van der Waals surface area contributed by atoms with Gasteiger partial charge in [0.25, 0.3) is 0 Å². The Labute approximate surface area is 83.3 Å². The fourth-order valence-corrected chi connectivity index (χ4v) is 1.22. The third-order valence-corrected chi connectivity index (χ3v) is 1.97. The molecular formula is C11H15FO2. The molecule has 0 saturated carbocycles. The summed E-state index contributed by atoms with van der Waals surface area (Å²) in [7, 11) is 0. The van der Waals surface area contributed by atoms with Crippen LogP contribution in [0.25, 0.3) is 0 Å². The van der Waals surface area contributed by atoms with Gasteiger partial charge in [-0.3, -0.25) is 0 Å². The highest BCUT2D eigenvalue weighted by atomic mass is 19.1. The van der Waals surface area contributed by atoms with E-state index in [-0.39, 0.29) is 5.82 Å². The second-order valence-electron chi connectivity index (χ2n) is 3.06. The summed E-state index contributed by atoms with van der Waals surface area (Å²) in [6.07, 6.45) is -0.144. The van der Waals surface area contributed by atoms with Gasteiger partial charge in [0.2, 0.25) is 0 Å². The van der Waals surface area contributed by atoms with Gasteiger partial charge in [0.05, 0.1) is 6.10 Å². The Morgan fingerprint density at radius 1 is 1.50 bits per heavy atom. The van der Waals surface area contributed by atoms with Crippen LogP contribution in [-0.4, -0.2) is 18.3 Å². The lowest BCUT2D eigenvalue weighted by atomic mass is 10.1. The van der Waals surface area contributed by atoms with Gasteiger partial charge in [0.15, 0.2) is 0 Å². The van der Waals surface area contributed by atoms with Crippen molar-refractivity contribution < 1.29 is 14.2 Å². The predicted octanol–water partition coefficient (Wildman–Crippen LogP) is 2.29. The van der Waals surface area contributed by atoms with Crippen molar-refractivity contribution in [3.8, 4) is 0 Å². The monoisotopic (exact) mass is 198 g/mol. The van der Waals surface area contributed by atoms with E-state index in [1.807, 2.05) is 6.92 Å². The quantitative estimate of drug-likeness (QED) is 0.735. The van der Waals surface area contributed by atoms with Crippen LogP contribution in [0.15, 0.2) is 24.3 Å². The number of halogens is 1. The Balaban J connectivity index is 2.47. The Kier molecular flexibility index (Phi) is 4.56. The fourth-order valence-electron chi connectivity index (χ4n) is 1.22. The Morgan fingerprint density at radius 2 is 2.29 bits per heavy atom. The van der Waals surface area contributed by atoms with Crippen LogP contribution in [0.3, 0.4) is 0 Å². The number of ether oxygens (including phenoxy) is 1. The van der Waals surface area contributed by atoms with Crippen LogP contribution in [0.2, 0.25) is 0 Å². The van der Waals surface area contributed by atoms with E-state index in [0.29, 0.717) is 25.2 Å². The average Bonchev–Trinajstić information content (AvgIpc) is 2.18. The average molecular weight is 198 g/mol. The molecule has 0 aliphatic heterocycles. The van der Waals surface area contributed by atoms with Crippen LogP contribution >= 0.6 is 0 Å². The second kappa shape index (κ2) is 5.73. The maximum atomic E-state index is 12.8. The zero-order valence-electron chi connectivity index (χ0n) is 8.24. The molecule has 1 atom stereocenters. The minimum Gasteiger partial charge on any atom is -0.388 e. The molecule has 0 heterocycles. The molecule has 0 amide bonds. The summed E-state index contributed by atoms with van der Waals surface area (Å²) in [5.41, 5.74) is 0.602. The standard InChI is InChI=1S/C11H15FO2/c1-2-14-7-6-11(13)9-4-3-5-10(12)8-9/h3-5,8,11,13H,2,6-7H2,1H3. The van der Waals surface area contributed by atoms with Crippen molar-refractivity contribution >= 4 is 0 Å². The summed E-state index contributed by atoms with van der Waals surface area (Å²) in [6, 6.07) is 6.00. The SMILES string of the molecule is CCOCCC(O)c1cccc(F)c1. The van der Waals surface area contributed by atoms with Gasteiger partial charge in [-0.2, -0.15) is 0 Å². The molecule has 14 heavy (non-hydrogen) atoms.